The number of likely N-dealkylation sites (N-methyl/N-ethyl adjacent to an activating group) is 1. The van der Waals surface area contributed by atoms with Gasteiger partial charge in [-0.15, -0.1) is 9.24 Å². The van der Waals surface area contributed by atoms with Gasteiger partial charge < -0.3 is 9.80 Å². The molecule has 1 saturated heterocycles. The minimum absolute atomic E-state index is 0.0596. The molecule has 1 amide bonds. The van der Waals surface area contributed by atoms with Crippen LogP contribution in [0.1, 0.15) is 9.67 Å². The van der Waals surface area contributed by atoms with Crippen molar-refractivity contribution in [1.29, 1.82) is 0 Å². The van der Waals surface area contributed by atoms with Crippen molar-refractivity contribution in [3.8, 4) is 11.3 Å². The van der Waals surface area contributed by atoms with Crippen molar-refractivity contribution in [1.82, 2.24) is 9.88 Å². The third-order valence-electron chi connectivity index (χ3n) is 4.80. The number of rotatable bonds is 5. The normalized spacial score (nSPS) is 14.7. The number of carbonyl (C=O) groups is 1. The van der Waals surface area contributed by atoms with Crippen LogP contribution in [0, 0.1) is 10.1 Å². The number of nitrogens with zero attached hydrogens (tertiary/aromatic N) is 4. The van der Waals surface area contributed by atoms with Gasteiger partial charge in [-0.3, -0.25) is 20.2 Å². The highest BCUT2D eigenvalue weighted by molar-refractivity contribution is 7.27. The lowest BCUT2D eigenvalue weighted by molar-refractivity contribution is -0.380. The molecule has 0 aliphatic carbocycles. The quantitative estimate of drug-likeness (QED) is 0.356. The van der Waals surface area contributed by atoms with Gasteiger partial charge in [-0.05, 0) is 18.4 Å². The molecule has 30 heavy (non-hydrogen) atoms. The Bertz CT molecular complexity index is 1070. The Morgan fingerprint density at radius 1 is 1.13 bits per heavy atom. The van der Waals surface area contributed by atoms with Gasteiger partial charge >= 0.3 is 5.00 Å². The van der Waals surface area contributed by atoms with Crippen LogP contribution in [0.5, 0.6) is 0 Å². The van der Waals surface area contributed by atoms with Gasteiger partial charge in [0.05, 0.1) is 9.80 Å². The van der Waals surface area contributed by atoms with Crippen molar-refractivity contribution in [2.45, 2.75) is 0 Å². The highest BCUT2D eigenvalue weighted by Crippen LogP contribution is 2.39. The zero-order valence-corrected chi connectivity index (χ0v) is 19.0. The van der Waals surface area contributed by atoms with Gasteiger partial charge in [-0.1, -0.05) is 46.9 Å². The monoisotopic (exact) mass is 461 g/mol. The number of nitrogens with one attached hydrogen (secondary N) is 1. The molecule has 1 unspecified atom stereocenters. The second-order valence-electron chi connectivity index (χ2n) is 6.93. The molecule has 1 atom stereocenters. The summed E-state index contributed by atoms with van der Waals surface area (Å²) in [5.41, 5.74) is 1.82. The van der Waals surface area contributed by atoms with E-state index in [-0.39, 0.29) is 9.88 Å². The summed E-state index contributed by atoms with van der Waals surface area (Å²) in [4.78, 5) is 32.6. The van der Waals surface area contributed by atoms with E-state index in [0.717, 1.165) is 59.1 Å². The Balaban J connectivity index is 1.63. The number of nitro groups is 1. The lowest BCUT2D eigenvalue weighted by Crippen LogP contribution is -2.44. The smallest absolute Gasteiger partial charge is 0.324 e. The van der Waals surface area contributed by atoms with Gasteiger partial charge in [0, 0.05) is 37.8 Å². The lowest BCUT2D eigenvalue weighted by atomic mass is 10.1. The number of amides is 1. The van der Waals surface area contributed by atoms with Crippen LogP contribution in [0.3, 0.4) is 0 Å². The molecule has 2 aromatic heterocycles. The van der Waals surface area contributed by atoms with E-state index >= 15 is 0 Å². The molecule has 3 aromatic rings. The van der Waals surface area contributed by atoms with Crippen LogP contribution in [0.2, 0.25) is 0 Å². The molecule has 0 saturated carbocycles. The highest BCUT2D eigenvalue weighted by atomic mass is 32.1. The summed E-state index contributed by atoms with van der Waals surface area (Å²) in [7, 11) is 4.78. The maximum atomic E-state index is 12.6. The third-order valence-corrected chi connectivity index (χ3v) is 7.25. The van der Waals surface area contributed by atoms with E-state index in [4.69, 9.17) is 4.98 Å². The number of anilines is 2. The van der Waals surface area contributed by atoms with E-state index in [1.165, 1.54) is 23.5 Å². The molecular weight excluding hydrogens is 441 g/mol. The Labute approximate surface area is 183 Å². The molecule has 1 aromatic carbocycles. The molecule has 1 aliphatic rings. The van der Waals surface area contributed by atoms with Crippen molar-refractivity contribution in [3.05, 3.63) is 51.4 Å². The van der Waals surface area contributed by atoms with E-state index < -0.39 is 10.8 Å². The predicted molar refractivity (Wildman–Crippen MR) is 126 cm³/mol. The van der Waals surface area contributed by atoms with Gasteiger partial charge in [-0.25, -0.2) is 4.98 Å². The fourth-order valence-corrected chi connectivity index (χ4v) is 5.07. The van der Waals surface area contributed by atoms with Gasteiger partial charge in [0.25, 0.3) is 5.91 Å². The summed E-state index contributed by atoms with van der Waals surface area (Å²) >= 11 is 2.29. The van der Waals surface area contributed by atoms with Crippen molar-refractivity contribution in [3.63, 3.8) is 0 Å². The summed E-state index contributed by atoms with van der Waals surface area (Å²) in [5.74, 6) is -0.390. The summed E-state index contributed by atoms with van der Waals surface area (Å²) in [6, 6.07) is 10.9. The van der Waals surface area contributed by atoms with E-state index in [1.807, 2.05) is 24.3 Å². The number of aromatic nitrogens is 1. The molecule has 0 bridgehead atoms. The molecule has 1 N–H and O–H groups in total. The van der Waals surface area contributed by atoms with E-state index in [0.29, 0.717) is 5.13 Å². The van der Waals surface area contributed by atoms with Crippen LogP contribution in [-0.4, -0.2) is 53.9 Å². The standard InChI is InChI=1S/C19H20N5O3PS2/c1-22-8-10-23(11-9-22)18-16(12-2-4-13(28)5-3-12)20-19(30-18)21-17(25)14-6-7-15(29-14)24(26)27/h2-7H,8-11,28H2,1H3,(H,20,21,25). The van der Waals surface area contributed by atoms with Gasteiger partial charge in [0.2, 0.25) is 0 Å². The Hall–Kier alpha value is -2.39. The number of hydrogen-bond donors (Lipinski definition) is 1. The molecular formula is C19H20N5O3PS2. The third kappa shape index (κ3) is 4.52. The van der Waals surface area contributed by atoms with Crippen LogP contribution in [0.4, 0.5) is 15.1 Å². The first-order valence-corrected chi connectivity index (χ1v) is 11.5. The summed E-state index contributed by atoms with van der Waals surface area (Å²) in [6.07, 6.45) is 0. The predicted octanol–water partition coefficient (Wildman–Crippen LogP) is 3.28. The fraction of sp³-hybridized carbons (Fsp3) is 0.263. The zero-order chi connectivity index (χ0) is 21.3. The molecule has 0 spiro atoms. The molecule has 1 aliphatic heterocycles. The minimum Gasteiger partial charge on any atom is -0.359 e. The van der Waals surface area contributed by atoms with Crippen molar-refractivity contribution >= 4 is 58.3 Å². The first kappa shape index (κ1) is 20.9. The second kappa shape index (κ2) is 8.77. The van der Waals surface area contributed by atoms with Crippen molar-refractivity contribution in [2.24, 2.45) is 0 Å². The maximum absolute atomic E-state index is 12.6. The number of benzene rings is 1. The van der Waals surface area contributed by atoms with Gasteiger partial charge in [-0.2, -0.15) is 0 Å². The minimum atomic E-state index is -0.496. The molecule has 4 rings (SSSR count). The van der Waals surface area contributed by atoms with Gasteiger partial charge in [0.1, 0.15) is 10.7 Å². The molecule has 156 valence electrons. The molecule has 8 nitrogen and oxygen atoms in total. The van der Waals surface area contributed by atoms with Crippen LogP contribution < -0.4 is 15.5 Å². The highest BCUT2D eigenvalue weighted by Gasteiger charge is 2.24. The average molecular weight is 462 g/mol. The zero-order valence-electron chi connectivity index (χ0n) is 16.2. The Morgan fingerprint density at radius 3 is 2.47 bits per heavy atom. The molecule has 3 heterocycles. The molecule has 0 radical (unpaired) electrons. The van der Waals surface area contributed by atoms with E-state index in [2.05, 4.69) is 31.4 Å². The Kier molecular flexibility index (Phi) is 6.10. The van der Waals surface area contributed by atoms with Crippen LogP contribution in [-0.2, 0) is 0 Å². The lowest BCUT2D eigenvalue weighted by Gasteiger charge is -2.33. The van der Waals surface area contributed by atoms with Crippen molar-refractivity contribution < 1.29 is 9.72 Å². The number of thiazole rings is 1. The first-order valence-electron chi connectivity index (χ1n) is 9.26. The largest absolute Gasteiger partial charge is 0.359 e. The number of piperazine rings is 1. The first-order chi connectivity index (χ1) is 14.4. The Morgan fingerprint density at radius 2 is 1.83 bits per heavy atom. The summed E-state index contributed by atoms with van der Waals surface area (Å²) in [6.45, 7) is 3.70. The van der Waals surface area contributed by atoms with Crippen molar-refractivity contribution in [2.75, 3.05) is 43.4 Å². The SMILES string of the molecule is CN1CCN(c2sc(NC(=O)c3ccc([N+](=O)[O-])s3)nc2-c2ccc(P)cc2)CC1. The molecule has 11 heteroatoms. The number of thiophene rings is 1. The average Bonchev–Trinajstić information content (AvgIpc) is 3.37. The fourth-order valence-electron chi connectivity index (χ4n) is 3.12. The van der Waals surface area contributed by atoms with Gasteiger partial charge in [0.15, 0.2) is 5.13 Å². The summed E-state index contributed by atoms with van der Waals surface area (Å²) in [5, 5.41) is 16.2. The number of hydrogen-bond acceptors (Lipinski definition) is 8. The van der Waals surface area contributed by atoms with Crippen LogP contribution in [0.15, 0.2) is 36.4 Å². The number of carbonyl (C=O) groups excluding carboxylic acids is 1. The van der Waals surface area contributed by atoms with Crippen LogP contribution >= 0.6 is 31.9 Å². The topological polar surface area (TPSA) is 91.6 Å². The molecule has 1 fully saturated rings. The maximum Gasteiger partial charge on any atom is 0.324 e. The van der Waals surface area contributed by atoms with E-state index in [9.17, 15) is 14.9 Å². The van der Waals surface area contributed by atoms with E-state index in [1.54, 1.807) is 0 Å². The second-order valence-corrected chi connectivity index (χ2v) is 9.64. The van der Waals surface area contributed by atoms with Crippen LogP contribution in [0.25, 0.3) is 11.3 Å². The summed E-state index contributed by atoms with van der Waals surface area (Å²) < 4.78 is 0.